The summed E-state index contributed by atoms with van der Waals surface area (Å²) in [5.41, 5.74) is 7.27. The van der Waals surface area contributed by atoms with Crippen molar-refractivity contribution in [3.05, 3.63) is 29.8 Å². The fourth-order valence-corrected chi connectivity index (χ4v) is 3.47. The molecule has 4 nitrogen and oxygen atoms in total. The third kappa shape index (κ3) is 6.33. The molecule has 0 aromatic heterocycles. The van der Waals surface area contributed by atoms with E-state index in [9.17, 15) is 4.79 Å². The molecule has 0 saturated heterocycles. The maximum Gasteiger partial charge on any atom is 0.220 e. The summed E-state index contributed by atoms with van der Waals surface area (Å²) in [5, 5.41) is 3.06. The largest absolute Gasteiger partial charge is 0.497 e. The zero-order chi connectivity index (χ0) is 16.5. The summed E-state index contributed by atoms with van der Waals surface area (Å²) < 4.78 is 5.15. The van der Waals surface area contributed by atoms with Crippen LogP contribution in [0.2, 0.25) is 0 Å². The summed E-state index contributed by atoms with van der Waals surface area (Å²) in [6.45, 7) is 1.36. The fourth-order valence-electron chi connectivity index (χ4n) is 3.47. The Balaban J connectivity index is 0.00000288. The number of carbonyl (C=O) groups is 1. The number of carbonyl (C=O) groups excluding carboxylic acids is 1. The molecule has 1 amide bonds. The van der Waals surface area contributed by atoms with Crippen LogP contribution in [0.4, 0.5) is 0 Å². The van der Waals surface area contributed by atoms with E-state index in [4.69, 9.17) is 10.5 Å². The molecule has 0 atom stereocenters. The van der Waals surface area contributed by atoms with Crippen LogP contribution in [0.15, 0.2) is 24.3 Å². The predicted molar refractivity (Wildman–Crippen MR) is 101 cm³/mol. The van der Waals surface area contributed by atoms with Crippen molar-refractivity contribution in [2.45, 2.75) is 51.4 Å². The molecule has 1 fully saturated rings. The van der Waals surface area contributed by atoms with E-state index >= 15 is 0 Å². The van der Waals surface area contributed by atoms with Crippen LogP contribution in [0.5, 0.6) is 5.75 Å². The SMILES string of the molecule is COc1ccc(CCCNC(=O)CC2(CN)CCCCC2)cc1.Cl. The Bertz CT molecular complexity index is 485. The lowest BCUT2D eigenvalue weighted by Crippen LogP contribution is -2.38. The Morgan fingerprint density at radius 1 is 1.21 bits per heavy atom. The molecule has 1 aromatic carbocycles. The Morgan fingerprint density at radius 3 is 2.46 bits per heavy atom. The van der Waals surface area contributed by atoms with Gasteiger partial charge in [-0.25, -0.2) is 0 Å². The molecule has 1 aliphatic carbocycles. The summed E-state index contributed by atoms with van der Waals surface area (Å²) in [7, 11) is 1.67. The number of methoxy groups -OCH3 is 1. The van der Waals surface area contributed by atoms with Crippen LogP contribution >= 0.6 is 12.4 Å². The highest BCUT2D eigenvalue weighted by Crippen LogP contribution is 2.38. The number of ether oxygens (including phenoxy) is 1. The Kier molecular flexibility index (Phi) is 9.16. The molecular weight excluding hydrogens is 324 g/mol. The van der Waals surface area contributed by atoms with Gasteiger partial charge in [0.2, 0.25) is 5.91 Å². The highest BCUT2D eigenvalue weighted by Gasteiger charge is 2.32. The van der Waals surface area contributed by atoms with Crippen LogP contribution < -0.4 is 15.8 Å². The maximum absolute atomic E-state index is 12.2. The first kappa shape index (κ1) is 20.8. The van der Waals surface area contributed by atoms with Crippen molar-refractivity contribution >= 4 is 18.3 Å². The summed E-state index contributed by atoms with van der Waals surface area (Å²) in [6.07, 6.45) is 8.41. The van der Waals surface area contributed by atoms with Gasteiger partial charge in [-0.15, -0.1) is 12.4 Å². The molecule has 1 aliphatic rings. The second-order valence-electron chi connectivity index (χ2n) is 6.74. The maximum atomic E-state index is 12.2. The van der Waals surface area contributed by atoms with Crippen LogP contribution in [-0.2, 0) is 11.2 Å². The highest BCUT2D eigenvalue weighted by atomic mass is 35.5. The van der Waals surface area contributed by atoms with Crippen molar-refractivity contribution in [1.29, 1.82) is 0 Å². The van der Waals surface area contributed by atoms with Gasteiger partial charge in [0.25, 0.3) is 0 Å². The Labute approximate surface area is 151 Å². The molecule has 2 rings (SSSR count). The van der Waals surface area contributed by atoms with E-state index in [2.05, 4.69) is 17.4 Å². The number of nitrogens with one attached hydrogen (secondary N) is 1. The van der Waals surface area contributed by atoms with Gasteiger partial charge < -0.3 is 15.8 Å². The second kappa shape index (κ2) is 10.6. The van der Waals surface area contributed by atoms with Crippen molar-refractivity contribution in [3.8, 4) is 5.75 Å². The minimum absolute atomic E-state index is 0. The lowest BCUT2D eigenvalue weighted by atomic mass is 9.71. The fraction of sp³-hybridized carbons (Fsp3) is 0.632. The van der Waals surface area contributed by atoms with Crippen molar-refractivity contribution < 1.29 is 9.53 Å². The number of hydrogen-bond donors (Lipinski definition) is 2. The second-order valence-corrected chi connectivity index (χ2v) is 6.74. The van der Waals surface area contributed by atoms with E-state index < -0.39 is 0 Å². The monoisotopic (exact) mass is 354 g/mol. The average molecular weight is 355 g/mol. The Morgan fingerprint density at radius 2 is 1.88 bits per heavy atom. The zero-order valence-electron chi connectivity index (χ0n) is 14.7. The summed E-state index contributed by atoms with van der Waals surface area (Å²) in [5.74, 6) is 1.04. The van der Waals surface area contributed by atoms with E-state index in [1.165, 1.54) is 24.8 Å². The molecule has 24 heavy (non-hydrogen) atoms. The molecule has 5 heteroatoms. The van der Waals surface area contributed by atoms with E-state index in [0.29, 0.717) is 13.0 Å². The quantitative estimate of drug-likeness (QED) is 0.702. The van der Waals surface area contributed by atoms with E-state index in [-0.39, 0.29) is 23.7 Å². The molecular formula is C19H31ClN2O2. The van der Waals surface area contributed by atoms with Gasteiger partial charge in [0.15, 0.2) is 0 Å². The highest BCUT2D eigenvalue weighted by molar-refractivity contribution is 5.85. The van der Waals surface area contributed by atoms with Gasteiger partial charge in [-0.3, -0.25) is 4.79 Å². The number of nitrogens with two attached hydrogens (primary N) is 1. The van der Waals surface area contributed by atoms with Crippen LogP contribution in [0.3, 0.4) is 0 Å². The Hall–Kier alpha value is -1.26. The number of amides is 1. The number of rotatable bonds is 8. The molecule has 0 unspecified atom stereocenters. The minimum Gasteiger partial charge on any atom is -0.497 e. The lowest BCUT2D eigenvalue weighted by molar-refractivity contribution is -0.123. The van der Waals surface area contributed by atoms with Gasteiger partial charge in [-0.05, 0) is 55.3 Å². The average Bonchev–Trinajstić information content (AvgIpc) is 2.60. The molecule has 0 spiro atoms. The smallest absolute Gasteiger partial charge is 0.220 e. The molecule has 0 radical (unpaired) electrons. The van der Waals surface area contributed by atoms with E-state index in [1.807, 2.05) is 12.1 Å². The first-order valence-electron chi connectivity index (χ1n) is 8.77. The van der Waals surface area contributed by atoms with Crippen LogP contribution in [-0.4, -0.2) is 26.1 Å². The van der Waals surface area contributed by atoms with Crippen molar-refractivity contribution in [1.82, 2.24) is 5.32 Å². The number of halogens is 1. The predicted octanol–water partition coefficient (Wildman–Crippen LogP) is 3.47. The molecule has 1 aromatic rings. The summed E-state index contributed by atoms with van der Waals surface area (Å²) in [4.78, 5) is 12.2. The summed E-state index contributed by atoms with van der Waals surface area (Å²) >= 11 is 0. The van der Waals surface area contributed by atoms with Gasteiger partial charge in [0, 0.05) is 13.0 Å². The first-order valence-corrected chi connectivity index (χ1v) is 8.77. The number of hydrogen-bond acceptors (Lipinski definition) is 3. The summed E-state index contributed by atoms with van der Waals surface area (Å²) in [6, 6.07) is 8.10. The normalized spacial score (nSPS) is 16.1. The van der Waals surface area contributed by atoms with E-state index in [1.54, 1.807) is 7.11 Å². The van der Waals surface area contributed by atoms with E-state index in [0.717, 1.165) is 38.0 Å². The third-order valence-corrected chi connectivity index (χ3v) is 5.01. The van der Waals surface area contributed by atoms with Crippen molar-refractivity contribution in [2.24, 2.45) is 11.1 Å². The number of benzene rings is 1. The van der Waals surface area contributed by atoms with Crippen molar-refractivity contribution in [2.75, 3.05) is 20.2 Å². The molecule has 0 aliphatic heterocycles. The van der Waals surface area contributed by atoms with Gasteiger partial charge >= 0.3 is 0 Å². The van der Waals surface area contributed by atoms with Crippen LogP contribution in [0.25, 0.3) is 0 Å². The van der Waals surface area contributed by atoms with Gasteiger partial charge in [-0.2, -0.15) is 0 Å². The van der Waals surface area contributed by atoms with Crippen molar-refractivity contribution in [3.63, 3.8) is 0 Å². The molecule has 0 heterocycles. The standard InChI is InChI=1S/C19H30N2O2.ClH/c1-23-17-9-7-16(8-10-17)6-5-13-21-18(22)14-19(15-20)11-3-2-4-12-19;/h7-10H,2-6,11-15,20H2,1H3,(H,21,22);1H. The molecule has 0 bridgehead atoms. The topological polar surface area (TPSA) is 64.3 Å². The first-order chi connectivity index (χ1) is 11.2. The van der Waals surface area contributed by atoms with Gasteiger partial charge in [0.1, 0.15) is 5.75 Å². The van der Waals surface area contributed by atoms with Crippen LogP contribution in [0, 0.1) is 5.41 Å². The van der Waals surface area contributed by atoms with Gasteiger partial charge in [0.05, 0.1) is 7.11 Å². The molecule has 1 saturated carbocycles. The minimum atomic E-state index is 0. The van der Waals surface area contributed by atoms with Gasteiger partial charge in [-0.1, -0.05) is 31.4 Å². The lowest BCUT2D eigenvalue weighted by Gasteiger charge is -2.35. The third-order valence-electron chi connectivity index (χ3n) is 5.01. The molecule has 3 N–H and O–H groups in total. The van der Waals surface area contributed by atoms with Crippen LogP contribution in [0.1, 0.15) is 50.5 Å². The number of aryl methyl sites for hydroxylation is 1. The zero-order valence-corrected chi connectivity index (χ0v) is 15.5. The molecule has 136 valence electrons.